The number of cyclic esters (lactones) is 1. The monoisotopic (exact) mass is 383 g/mol. The Labute approximate surface area is 155 Å². The highest BCUT2D eigenvalue weighted by Gasteiger charge is 2.31. The molecule has 1 unspecified atom stereocenters. The third kappa shape index (κ3) is 6.70. The lowest BCUT2D eigenvalue weighted by Crippen LogP contribution is -2.23. The molecule has 1 amide bonds. The molecular weight excluding hydrogens is 362 g/mol. The van der Waals surface area contributed by atoms with Crippen molar-refractivity contribution in [1.29, 1.82) is 0 Å². The lowest BCUT2D eigenvalue weighted by atomic mass is 10.2. The Morgan fingerprint density at radius 2 is 2.30 bits per heavy atom. The molecule has 27 heavy (non-hydrogen) atoms. The van der Waals surface area contributed by atoms with Crippen LogP contribution in [0, 0.1) is 10.1 Å². The first-order valence-electron chi connectivity index (χ1n) is 8.49. The number of furan rings is 1. The van der Waals surface area contributed by atoms with Crippen LogP contribution in [0.25, 0.3) is 0 Å². The Morgan fingerprint density at radius 3 is 3.00 bits per heavy atom. The summed E-state index contributed by atoms with van der Waals surface area (Å²) in [7, 11) is 0. The molecule has 1 aromatic rings. The molecule has 1 aliphatic heterocycles. The predicted molar refractivity (Wildman–Crippen MR) is 91.2 cm³/mol. The van der Waals surface area contributed by atoms with Gasteiger partial charge in [-0.15, -0.1) is 0 Å². The van der Waals surface area contributed by atoms with Gasteiger partial charge in [0.2, 0.25) is 0 Å². The van der Waals surface area contributed by atoms with Crippen molar-refractivity contribution in [3.05, 3.63) is 28.0 Å². The molecule has 11 heteroatoms. The second kappa shape index (κ2) is 10.3. The fraction of sp³-hybridized carbons (Fsp3) is 0.562. The molecule has 0 aliphatic carbocycles. The molecule has 0 saturated carbocycles. The zero-order valence-corrected chi connectivity index (χ0v) is 14.9. The molecule has 0 bridgehead atoms. The van der Waals surface area contributed by atoms with E-state index >= 15 is 0 Å². The van der Waals surface area contributed by atoms with Gasteiger partial charge in [0.1, 0.15) is 17.6 Å². The highest BCUT2D eigenvalue weighted by Crippen LogP contribution is 2.15. The van der Waals surface area contributed by atoms with Crippen molar-refractivity contribution >= 4 is 24.2 Å². The van der Waals surface area contributed by atoms with Gasteiger partial charge in [0.15, 0.2) is 5.76 Å². The molecule has 1 fully saturated rings. The van der Waals surface area contributed by atoms with Crippen LogP contribution in [0.3, 0.4) is 0 Å². The first-order valence-corrected chi connectivity index (χ1v) is 8.49. The van der Waals surface area contributed by atoms with Crippen LogP contribution in [0.15, 0.2) is 21.7 Å². The maximum atomic E-state index is 11.7. The first kappa shape index (κ1) is 20.4. The van der Waals surface area contributed by atoms with E-state index in [0.717, 1.165) is 17.9 Å². The number of nitro groups is 1. The Morgan fingerprint density at radius 1 is 1.48 bits per heavy atom. The van der Waals surface area contributed by atoms with E-state index in [-0.39, 0.29) is 38.1 Å². The number of carbonyl (C=O) groups is 2. The summed E-state index contributed by atoms with van der Waals surface area (Å²) in [5.41, 5.74) is 0. The molecule has 1 aromatic heterocycles. The summed E-state index contributed by atoms with van der Waals surface area (Å²) in [4.78, 5) is 32.9. The molecule has 2 rings (SSSR count). The third-order valence-corrected chi connectivity index (χ3v) is 3.50. The molecule has 0 aromatic carbocycles. The lowest BCUT2D eigenvalue weighted by Gasteiger charge is -2.09. The first-order chi connectivity index (χ1) is 13.0. The molecule has 0 N–H and O–H groups in total. The summed E-state index contributed by atoms with van der Waals surface area (Å²) in [5, 5.41) is 15.5. The Kier molecular flexibility index (Phi) is 7.74. The van der Waals surface area contributed by atoms with Crippen LogP contribution in [0.2, 0.25) is 0 Å². The van der Waals surface area contributed by atoms with Crippen LogP contribution in [0.4, 0.5) is 10.7 Å². The van der Waals surface area contributed by atoms with Gasteiger partial charge in [-0.1, -0.05) is 13.3 Å². The Balaban J connectivity index is 1.66. The van der Waals surface area contributed by atoms with Crippen LogP contribution in [0.1, 0.15) is 31.9 Å². The van der Waals surface area contributed by atoms with E-state index in [4.69, 9.17) is 18.6 Å². The largest absolute Gasteiger partial charge is 0.463 e. The van der Waals surface area contributed by atoms with Crippen molar-refractivity contribution in [3.8, 4) is 0 Å². The average molecular weight is 383 g/mol. The molecule has 1 aliphatic rings. The molecule has 0 radical (unpaired) electrons. The standard InChI is InChI=1S/C16H21N3O8/c1-2-3-4-15(20)25-8-7-24-11-13-10-18(16(21)27-13)17-9-12-5-6-14(26-12)19(22)23/h5-6,9,13H,2-4,7-8,10-11H2,1H3. The van der Waals surface area contributed by atoms with E-state index in [1.807, 2.05) is 6.92 Å². The SMILES string of the molecule is CCCCC(=O)OCCOCC1CN(N=Cc2ccc([N+](=O)[O-])o2)C(=O)O1. The van der Waals surface area contributed by atoms with Gasteiger partial charge in [0.25, 0.3) is 0 Å². The quantitative estimate of drug-likeness (QED) is 0.186. The van der Waals surface area contributed by atoms with Crippen LogP contribution in [-0.4, -0.2) is 60.7 Å². The third-order valence-electron chi connectivity index (χ3n) is 3.50. The summed E-state index contributed by atoms with van der Waals surface area (Å²) in [5.74, 6) is -0.535. The van der Waals surface area contributed by atoms with Gasteiger partial charge in [-0.3, -0.25) is 14.9 Å². The van der Waals surface area contributed by atoms with Gasteiger partial charge in [0.05, 0.1) is 32.0 Å². The molecule has 2 heterocycles. The molecule has 148 valence electrons. The van der Waals surface area contributed by atoms with E-state index in [1.165, 1.54) is 18.3 Å². The summed E-state index contributed by atoms with van der Waals surface area (Å²) in [6.45, 7) is 2.63. The van der Waals surface area contributed by atoms with Crippen molar-refractivity contribution in [2.75, 3.05) is 26.4 Å². The van der Waals surface area contributed by atoms with Crippen LogP contribution >= 0.6 is 0 Å². The fourth-order valence-corrected chi connectivity index (χ4v) is 2.15. The van der Waals surface area contributed by atoms with Gasteiger partial charge in [-0.25, -0.2) is 4.79 Å². The maximum Gasteiger partial charge on any atom is 0.433 e. The van der Waals surface area contributed by atoms with E-state index in [0.29, 0.717) is 6.42 Å². The summed E-state index contributed by atoms with van der Waals surface area (Å²) in [6, 6.07) is 2.56. The van der Waals surface area contributed by atoms with Crippen LogP contribution < -0.4 is 0 Å². The summed E-state index contributed by atoms with van der Waals surface area (Å²) >= 11 is 0. The zero-order valence-electron chi connectivity index (χ0n) is 14.9. The van der Waals surface area contributed by atoms with Crippen molar-refractivity contribution in [1.82, 2.24) is 5.01 Å². The normalized spacial score (nSPS) is 16.7. The van der Waals surface area contributed by atoms with Gasteiger partial charge in [0, 0.05) is 6.42 Å². The van der Waals surface area contributed by atoms with Crippen LogP contribution in [-0.2, 0) is 19.0 Å². The number of esters is 1. The van der Waals surface area contributed by atoms with E-state index in [9.17, 15) is 19.7 Å². The number of unbranched alkanes of at least 4 members (excludes halogenated alkanes) is 1. The summed E-state index contributed by atoms with van der Waals surface area (Å²) < 4.78 is 20.3. The Hall–Kier alpha value is -2.95. The molecule has 1 atom stereocenters. The van der Waals surface area contributed by atoms with Gasteiger partial charge < -0.3 is 18.6 Å². The van der Waals surface area contributed by atoms with Gasteiger partial charge in [-0.05, 0) is 12.5 Å². The summed E-state index contributed by atoms with van der Waals surface area (Å²) in [6.07, 6.45) is 2.12. The fourth-order valence-electron chi connectivity index (χ4n) is 2.15. The smallest absolute Gasteiger partial charge is 0.433 e. The highest BCUT2D eigenvalue weighted by molar-refractivity contribution is 5.78. The Bertz CT molecular complexity index is 687. The van der Waals surface area contributed by atoms with Crippen molar-refractivity contribution in [2.24, 2.45) is 5.10 Å². The lowest BCUT2D eigenvalue weighted by molar-refractivity contribution is -0.402. The number of ether oxygens (including phenoxy) is 3. The van der Waals surface area contributed by atoms with Crippen molar-refractivity contribution in [3.63, 3.8) is 0 Å². The number of nitrogens with zero attached hydrogens (tertiary/aromatic N) is 3. The van der Waals surface area contributed by atoms with Gasteiger partial charge in [-0.2, -0.15) is 10.1 Å². The zero-order chi connectivity index (χ0) is 19.6. The number of hydrogen-bond donors (Lipinski definition) is 0. The highest BCUT2D eigenvalue weighted by atomic mass is 16.6. The second-order valence-electron chi connectivity index (χ2n) is 5.66. The van der Waals surface area contributed by atoms with E-state index in [1.54, 1.807) is 0 Å². The number of carbonyl (C=O) groups excluding carboxylic acids is 2. The van der Waals surface area contributed by atoms with E-state index in [2.05, 4.69) is 5.10 Å². The minimum atomic E-state index is -0.671. The molecular formula is C16H21N3O8. The molecule has 1 saturated heterocycles. The predicted octanol–water partition coefficient (Wildman–Crippen LogP) is 2.09. The molecule has 0 spiro atoms. The average Bonchev–Trinajstić information content (AvgIpc) is 3.24. The number of hydrazone groups is 1. The minimum absolute atomic E-state index is 0.135. The maximum absolute atomic E-state index is 11.7. The minimum Gasteiger partial charge on any atom is -0.463 e. The number of hydrogen-bond acceptors (Lipinski definition) is 9. The molecule has 11 nitrogen and oxygen atoms in total. The van der Waals surface area contributed by atoms with Gasteiger partial charge >= 0.3 is 17.9 Å². The second-order valence-corrected chi connectivity index (χ2v) is 5.66. The van der Waals surface area contributed by atoms with Crippen molar-refractivity contribution in [2.45, 2.75) is 32.3 Å². The van der Waals surface area contributed by atoms with E-state index < -0.39 is 23.0 Å². The number of rotatable bonds is 11. The van der Waals surface area contributed by atoms with Crippen molar-refractivity contribution < 1.29 is 33.1 Å². The topological polar surface area (TPSA) is 134 Å². The van der Waals surface area contributed by atoms with Crippen LogP contribution in [0.5, 0.6) is 0 Å². The number of amides is 1.